The first-order valence-corrected chi connectivity index (χ1v) is 7.84. The van der Waals surface area contributed by atoms with Gasteiger partial charge in [0.1, 0.15) is 5.75 Å². The molecule has 0 aliphatic carbocycles. The van der Waals surface area contributed by atoms with E-state index in [9.17, 15) is 4.79 Å². The summed E-state index contributed by atoms with van der Waals surface area (Å²) in [6.45, 7) is 1.41. The van der Waals surface area contributed by atoms with Crippen LogP contribution in [0.1, 0.15) is 28.6 Å². The monoisotopic (exact) mass is 456 g/mol. The number of guanidine groups is 1. The lowest BCUT2D eigenvalue weighted by Gasteiger charge is -2.26. The largest absolute Gasteiger partial charge is 0.493 e. The number of rotatable bonds is 5. The highest BCUT2D eigenvalue weighted by molar-refractivity contribution is 14.0. The molecule has 0 radical (unpaired) electrons. The van der Waals surface area contributed by atoms with Crippen molar-refractivity contribution in [3.8, 4) is 5.75 Å². The van der Waals surface area contributed by atoms with Gasteiger partial charge in [-0.15, -0.1) is 24.0 Å². The molecule has 1 unspecified atom stereocenters. The van der Waals surface area contributed by atoms with E-state index in [0.29, 0.717) is 25.7 Å². The number of nitrogens with zero attached hydrogens (tertiary/aromatic N) is 1. The summed E-state index contributed by atoms with van der Waals surface area (Å²) >= 11 is 0. The Hall–Kier alpha value is -2.23. The van der Waals surface area contributed by atoms with Gasteiger partial charge in [-0.1, -0.05) is 18.2 Å². The van der Waals surface area contributed by atoms with Gasteiger partial charge in [0.15, 0.2) is 11.7 Å². The molecule has 1 atom stereocenters. The van der Waals surface area contributed by atoms with Crippen LogP contribution in [0, 0.1) is 0 Å². The Morgan fingerprint density at radius 3 is 2.92 bits per heavy atom. The number of carbonyl (C=O) groups is 1. The van der Waals surface area contributed by atoms with Crippen molar-refractivity contribution in [3.05, 3.63) is 54.0 Å². The number of hydrogen-bond donors (Lipinski definition) is 3. The lowest BCUT2D eigenvalue weighted by atomic mass is 10.0. The number of hydrogen-bond acceptors (Lipinski definition) is 4. The molecule has 0 saturated heterocycles. The fourth-order valence-electron chi connectivity index (χ4n) is 2.56. The molecule has 134 valence electrons. The van der Waals surface area contributed by atoms with E-state index in [1.165, 1.54) is 6.26 Å². The van der Waals surface area contributed by atoms with Gasteiger partial charge in [-0.3, -0.25) is 9.79 Å². The summed E-state index contributed by atoms with van der Waals surface area (Å²) in [4.78, 5) is 15.9. The van der Waals surface area contributed by atoms with E-state index in [4.69, 9.17) is 14.9 Å². The quantitative estimate of drug-likeness (QED) is 0.277. The molecule has 0 fully saturated rings. The van der Waals surface area contributed by atoms with Gasteiger partial charge in [0, 0.05) is 18.5 Å². The van der Waals surface area contributed by atoms with E-state index in [-0.39, 0.29) is 41.7 Å². The molecule has 7 nitrogen and oxygen atoms in total. The number of fused-ring (bicyclic) bond motifs is 1. The number of benzene rings is 1. The third-order valence-electron chi connectivity index (χ3n) is 3.71. The van der Waals surface area contributed by atoms with Gasteiger partial charge in [-0.2, -0.15) is 0 Å². The average Bonchev–Trinajstić information content (AvgIpc) is 3.14. The van der Waals surface area contributed by atoms with Crippen molar-refractivity contribution in [1.82, 2.24) is 10.6 Å². The molecular weight excluding hydrogens is 435 g/mol. The number of halogens is 1. The van der Waals surface area contributed by atoms with Gasteiger partial charge in [0.25, 0.3) is 5.91 Å². The van der Waals surface area contributed by atoms with Crippen LogP contribution in [0.3, 0.4) is 0 Å². The maximum Gasteiger partial charge on any atom is 0.287 e. The van der Waals surface area contributed by atoms with E-state index in [1.807, 2.05) is 24.3 Å². The van der Waals surface area contributed by atoms with Crippen molar-refractivity contribution < 1.29 is 13.9 Å². The third kappa shape index (κ3) is 5.12. The van der Waals surface area contributed by atoms with Gasteiger partial charge in [0.05, 0.1) is 25.5 Å². The number of para-hydroxylation sites is 1. The molecule has 1 aromatic carbocycles. The minimum atomic E-state index is -0.264. The predicted molar refractivity (Wildman–Crippen MR) is 105 cm³/mol. The van der Waals surface area contributed by atoms with Crippen LogP contribution >= 0.6 is 24.0 Å². The lowest BCUT2D eigenvalue weighted by Crippen LogP contribution is -2.38. The number of furan rings is 1. The molecule has 0 spiro atoms. The molecule has 4 N–H and O–H groups in total. The predicted octanol–water partition coefficient (Wildman–Crippen LogP) is 2.06. The first-order valence-electron chi connectivity index (χ1n) is 7.84. The van der Waals surface area contributed by atoms with Crippen molar-refractivity contribution in [2.45, 2.75) is 12.5 Å². The maximum atomic E-state index is 11.7. The number of nitrogens with two attached hydrogens (primary N) is 1. The van der Waals surface area contributed by atoms with Crippen LogP contribution in [0.5, 0.6) is 5.75 Å². The summed E-state index contributed by atoms with van der Waals surface area (Å²) in [7, 11) is 0. The first kappa shape index (κ1) is 19.1. The number of aliphatic imine (C=N–C) groups is 1. The van der Waals surface area contributed by atoms with Gasteiger partial charge >= 0.3 is 0 Å². The number of amides is 1. The summed E-state index contributed by atoms with van der Waals surface area (Å²) in [5, 5.41) is 5.92. The van der Waals surface area contributed by atoms with Crippen LogP contribution in [0.15, 0.2) is 52.1 Å². The molecule has 1 aliphatic rings. The molecule has 2 heterocycles. The minimum absolute atomic E-state index is 0. The number of carbonyl (C=O) groups excluding carboxylic acids is 1. The Balaban J connectivity index is 0.00000225. The Morgan fingerprint density at radius 2 is 2.12 bits per heavy atom. The molecule has 0 saturated carbocycles. The molecule has 0 bridgehead atoms. The Bertz CT molecular complexity index is 718. The van der Waals surface area contributed by atoms with Crippen LogP contribution < -0.4 is 21.1 Å². The summed E-state index contributed by atoms with van der Waals surface area (Å²) in [5.41, 5.74) is 7.02. The van der Waals surface area contributed by atoms with Crippen molar-refractivity contribution in [1.29, 1.82) is 0 Å². The van der Waals surface area contributed by atoms with Crippen LogP contribution in [-0.4, -0.2) is 31.6 Å². The zero-order chi connectivity index (χ0) is 16.8. The molecule has 1 amide bonds. The van der Waals surface area contributed by atoms with Crippen molar-refractivity contribution in [3.63, 3.8) is 0 Å². The smallest absolute Gasteiger partial charge is 0.287 e. The second-order valence-corrected chi connectivity index (χ2v) is 5.37. The highest BCUT2D eigenvalue weighted by Gasteiger charge is 2.21. The molecule has 3 rings (SSSR count). The molecule has 2 aromatic rings. The van der Waals surface area contributed by atoms with Gasteiger partial charge in [0.2, 0.25) is 0 Å². The van der Waals surface area contributed by atoms with Crippen molar-refractivity contribution in [2.75, 3.05) is 19.7 Å². The second kappa shape index (κ2) is 9.30. The lowest BCUT2D eigenvalue weighted by molar-refractivity contribution is 0.0927. The second-order valence-electron chi connectivity index (χ2n) is 5.37. The van der Waals surface area contributed by atoms with Crippen molar-refractivity contribution >= 4 is 35.8 Å². The SMILES string of the molecule is I.NC(=NCCNC(=O)c1ccco1)NC1CCOc2ccccc21. The molecular formula is C17H21IN4O3. The topological polar surface area (TPSA) is 102 Å². The highest BCUT2D eigenvalue weighted by atomic mass is 127. The Kier molecular flexibility index (Phi) is 7.11. The van der Waals surface area contributed by atoms with Crippen LogP contribution in [-0.2, 0) is 0 Å². The van der Waals surface area contributed by atoms with Gasteiger partial charge < -0.3 is 25.5 Å². The van der Waals surface area contributed by atoms with Crippen LogP contribution in [0.4, 0.5) is 0 Å². The standard InChI is InChI=1S/C17H20N4O3.HI/c18-17(20-9-8-19-16(22)15-6-3-10-23-15)21-13-7-11-24-14-5-2-1-4-12(13)14;/h1-6,10,13H,7-9,11H2,(H,19,22)(H3,18,20,21);1H. The zero-order valence-electron chi connectivity index (χ0n) is 13.6. The fraction of sp³-hybridized carbons (Fsp3) is 0.294. The van der Waals surface area contributed by atoms with E-state index in [1.54, 1.807) is 12.1 Å². The molecule has 1 aromatic heterocycles. The van der Waals surface area contributed by atoms with Crippen LogP contribution in [0.2, 0.25) is 0 Å². The summed E-state index contributed by atoms with van der Waals surface area (Å²) in [5.74, 6) is 1.24. The summed E-state index contributed by atoms with van der Waals surface area (Å²) in [6.07, 6.45) is 2.28. The van der Waals surface area contributed by atoms with Crippen LogP contribution in [0.25, 0.3) is 0 Å². The third-order valence-corrected chi connectivity index (χ3v) is 3.71. The van der Waals surface area contributed by atoms with Gasteiger partial charge in [-0.05, 0) is 18.2 Å². The summed E-state index contributed by atoms with van der Waals surface area (Å²) < 4.78 is 10.6. The van der Waals surface area contributed by atoms with E-state index < -0.39 is 0 Å². The number of ether oxygens (including phenoxy) is 1. The normalized spacial score (nSPS) is 16.2. The molecule has 1 aliphatic heterocycles. The van der Waals surface area contributed by atoms with E-state index in [2.05, 4.69) is 15.6 Å². The van der Waals surface area contributed by atoms with Gasteiger partial charge in [-0.25, -0.2) is 0 Å². The van der Waals surface area contributed by atoms with Crippen molar-refractivity contribution in [2.24, 2.45) is 10.7 Å². The van der Waals surface area contributed by atoms with E-state index >= 15 is 0 Å². The minimum Gasteiger partial charge on any atom is -0.493 e. The summed E-state index contributed by atoms with van der Waals surface area (Å²) in [6, 6.07) is 11.2. The van der Waals surface area contributed by atoms with E-state index in [0.717, 1.165) is 17.7 Å². The first-order chi connectivity index (χ1) is 11.7. The fourth-order valence-corrected chi connectivity index (χ4v) is 2.56. The maximum absolute atomic E-state index is 11.7. The molecule has 25 heavy (non-hydrogen) atoms. The highest BCUT2D eigenvalue weighted by Crippen LogP contribution is 2.31. The Labute approximate surface area is 163 Å². The number of nitrogens with one attached hydrogen (secondary N) is 2. The Morgan fingerprint density at radius 1 is 1.28 bits per heavy atom. The zero-order valence-corrected chi connectivity index (χ0v) is 15.9. The molecule has 8 heteroatoms. The average molecular weight is 456 g/mol.